The molecule has 0 spiro atoms. The number of carbonyl (C=O) groups is 1. The van der Waals surface area contributed by atoms with E-state index in [-0.39, 0.29) is 12.5 Å². The number of carbonyl (C=O) groups excluding carboxylic acids is 1. The maximum absolute atomic E-state index is 11.6. The molecule has 0 aromatic heterocycles. The van der Waals surface area contributed by atoms with Gasteiger partial charge < -0.3 is 20.1 Å². The van der Waals surface area contributed by atoms with E-state index in [2.05, 4.69) is 24.5 Å². The SMILES string of the molecule is COc1cc(CNC(C)C)ccc1OCC(=O)NC1CC1. The number of hydrogen-bond donors (Lipinski definition) is 2. The number of hydrogen-bond acceptors (Lipinski definition) is 4. The van der Waals surface area contributed by atoms with E-state index in [1.165, 1.54) is 0 Å². The zero-order chi connectivity index (χ0) is 15.2. The zero-order valence-corrected chi connectivity index (χ0v) is 12.9. The summed E-state index contributed by atoms with van der Waals surface area (Å²) in [4.78, 5) is 11.6. The van der Waals surface area contributed by atoms with Crippen molar-refractivity contribution in [2.75, 3.05) is 13.7 Å². The summed E-state index contributed by atoms with van der Waals surface area (Å²) in [7, 11) is 1.60. The first-order chi connectivity index (χ1) is 10.1. The first-order valence-corrected chi connectivity index (χ1v) is 7.41. The molecular formula is C16H24N2O3. The molecule has 0 unspecified atom stereocenters. The van der Waals surface area contributed by atoms with Gasteiger partial charge in [-0.2, -0.15) is 0 Å². The molecule has 116 valence electrons. The van der Waals surface area contributed by atoms with Crippen LogP contribution in [0.4, 0.5) is 0 Å². The van der Waals surface area contributed by atoms with Crippen LogP contribution in [0.2, 0.25) is 0 Å². The quantitative estimate of drug-likeness (QED) is 0.768. The fourth-order valence-corrected chi connectivity index (χ4v) is 1.90. The second-order valence-corrected chi connectivity index (χ2v) is 5.65. The smallest absolute Gasteiger partial charge is 0.258 e. The van der Waals surface area contributed by atoms with Crippen LogP contribution in [0.3, 0.4) is 0 Å². The van der Waals surface area contributed by atoms with Gasteiger partial charge in [0.2, 0.25) is 0 Å². The van der Waals surface area contributed by atoms with Crippen molar-refractivity contribution < 1.29 is 14.3 Å². The highest BCUT2D eigenvalue weighted by Gasteiger charge is 2.23. The molecule has 0 radical (unpaired) electrons. The van der Waals surface area contributed by atoms with E-state index >= 15 is 0 Å². The first kappa shape index (κ1) is 15.6. The summed E-state index contributed by atoms with van der Waals surface area (Å²) in [5, 5.41) is 6.24. The van der Waals surface area contributed by atoms with Gasteiger partial charge in [-0.25, -0.2) is 0 Å². The standard InChI is InChI=1S/C16H24N2O3/c1-11(2)17-9-12-4-7-14(15(8-12)20-3)21-10-16(19)18-13-5-6-13/h4,7-8,11,13,17H,5-6,9-10H2,1-3H3,(H,18,19). The molecule has 1 aliphatic carbocycles. The molecule has 1 aromatic rings. The average Bonchev–Trinajstić information content (AvgIpc) is 3.27. The molecule has 2 N–H and O–H groups in total. The molecule has 0 heterocycles. The lowest BCUT2D eigenvalue weighted by Gasteiger charge is -2.13. The average molecular weight is 292 g/mol. The molecule has 0 saturated heterocycles. The highest BCUT2D eigenvalue weighted by atomic mass is 16.5. The fraction of sp³-hybridized carbons (Fsp3) is 0.562. The Labute approximate surface area is 126 Å². The van der Waals surface area contributed by atoms with Gasteiger partial charge in [-0.1, -0.05) is 19.9 Å². The topological polar surface area (TPSA) is 59.6 Å². The van der Waals surface area contributed by atoms with Crippen LogP contribution in [-0.2, 0) is 11.3 Å². The van der Waals surface area contributed by atoms with Gasteiger partial charge in [-0.05, 0) is 30.5 Å². The zero-order valence-electron chi connectivity index (χ0n) is 12.9. The normalized spacial score (nSPS) is 14.1. The molecule has 0 bridgehead atoms. The summed E-state index contributed by atoms with van der Waals surface area (Å²) in [6.45, 7) is 5.01. The minimum atomic E-state index is -0.0786. The van der Waals surface area contributed by atoms with E-state index in [0.717, 1.165) is 24.9 Å². The molecule has 5 heteroatoms. The van der Waals surface area contributed by atoms with Crippen molar-refractivity contribution in [2.45, 2.75) is 45.3 Å². The Morgan fingerprint density at radius 1 is 1.33 bits per heavy atom. The third-order valence-electron chi connectivity index (χ3n) is 3.24. The minimum Gasteiger partial charge on any atom is -0.493 e. The van der Waals surface area contributed by atoms with Gasteiger partial charge in [0.25, 0.3) is 5.91 Å². The van der Waals surface area contributed by atoms with Crippen molar-refractivity contribution in [2.24, 2.45) is 0 Å². The van der Waals surface area contributed by atoms with Gasteiger partial charge in [-0.15, -0.1) is 0 Å². The predicted octanol–water partition coefficient (Wildman–Crippen LogP) is 1.85. The molecule has 5 nitrogen and oxygen atoms in total. The van der Waals surface area contributed by atoms with Crippen molar-refractivity contribution in [3.63, 3.8) is 0 Å². The second-order valence-electron chi connectivity index (χ2n) is 5.65. The third-order valence-corrected chi connectivity index (χ3v) is 3.24. The van der Waals surface area contributed by atoms with E-state index in [0.29, 0.717) is 23.6 Å². The Balaban J connectivity index is 1.90. The summed E-state index contributed by atoms with van der Waals surface area (Å²) >= 11 is 0. The van der Waals surface area contributed by atoms with Crippen molar-refractivity contribution in [1.29, 1.82) is 0 Å². The molecule has 1 amide bonds. The number of nitrogens with one attached hydrogen (secondary N) is 2. The van der Waals surface area contributed by atoms with Crippen molar-refractivity contribution >= 4 is 5.91 Å². The van der Waals surface area contributed by atoms with Crippen LogP contribution in [0.5, 0.6) is 11.5 Å². The van der Waals surface area contributed by atoms with Crippen LogP contribution in [0, 0.1) is 0 Å². The molecule has 1 fully saturated rings. The highest BCUT2D eigenvalue weighted by Crippen LogP contribution is 2.28. The monoisotopic (exact) mass is 292 g/mol. The Morgan fingerprint density at radius 3 is 2.71 bits per heavy atom. The fourth-order valence-electron chi connectivity index (χ4n) is 1.90. The largest absolute Gasteiger partial charge is 0.493 e. The van der Waals surface area contributed by atoms with E-state index in [1.54, 1.807) is 7.11 Å². The second kappa shape index (κ2) is 7.31. The maximum atomic E-state index is 11.6. The summed E-state index contributed by atoms with van der Waals surface area (Å²) in [6, 6.07) is 6.54. The number of rotatable bonds is 8. The lowest BCUT2D eigenvalue weighted by atomic mass is 10.2. The lowest BCUT2D eigenvalue weighted by molar-refractivity contribution is -0.123. The first-order valence-electron chi connectivity index (χ1n) is 7.41. The molecule has 21 heavy (non-hydrogen) atoms. The Morgan fingerprint density at radius 2 is 2.10 bits per heavy atom. The Hall–Kier alpha value is -1.75. The van der Waals surface area contributed by atoms with Gasteiger partial charge in [-0.3, -0.25) is 4.79 Å². The van der Waals surface area contributed by atoms with Crippen LogP contribution < -0.4 is 20.1 Å². The molecule has 0 aliphatic heterocycles. The number of ether oxygens (including phenoxy) is 2. The van der Waals surface area contributed by atoms with Crippen LogP contribution in [0.15, 0.2) is 18.2 Å². The van der Waals surface area contributed by atoms with Crippen molar-refractivity contribution in [3.05, 3.63) is 23.8 Å². The Bertz CT molecular complexity index is 484. The highest BCUT2D eigenvalue weighted by molar-refractivity contribution is 5.78. The van der Waals surface area contributed by atoms with Gasteiger partial charge in [0.05, 0.1) is 7.11 Å². The van der Waals surface area contributed by atoms with Gasteiger partial charge in [0, 0.05) is 18.6 Å². The molecular weight excluding hydrogens is 268 g/mol. The summed E-state index contributed by atoms with van der Waals surface area (Å²) in [5.74, 6) is 1.17. The van der Waals surface area contributed by atoms with E-state index in [1.807, 2.05) is 18.2 Å². The number of amides is 1. The van der Waals surface area contributed by atoms with E-state index in [9.17, 15) is 4.79 Å². The molecule has 1 aliphatic rings. The number of methoxy groups -OCH3 is 1. The minimum absolute atomic E-state index is 0.0243. The van der Waals surface area contributed by atoms with E-state index in [4.69, 9.17) is 9.47 Å². The summed E-state index contributed by atoms with van der Waals surface area (Å²) < 4.78 is 10.9. The van der Waals surface area contributed by atoms with Crippen LogP contribution >= 0.6 is 0 Å². The van der Waals surface area contributed by atoms with Crippen molar-refractivity contribution in [1.82, 2.24) is 10.6 Å². The maximum Gasteiger partial charge on any atom is 0.258 e. The number of benzene rings is 1. The van der Waals surface area contributed by atoms with Crippen LogP contribution in [0.25, 0.3) is 0 Å². The van der Waals surface area contributed by atoms with Gasteiger partial charge in [0.1, 0.15) is 0 Å². The van der Waals surface area contributed by atoms with E-state index < -0.39 is 0 Å². The van der Waals surface area contributed by atoms with Gasteiger partial charge >= 0.3 is 0 Å². The molecule has 1 aromatic carbocycles. The van der Waals surface area contributed by atoms with Crippen molar-refractivity contribution in [3.8, 4) is 11.5 Å². The van der Waals surface area contributed by atoms with Crippen LogP contribution in [-0.4, -0.2) is 31.7 Å². The third kappa shape index (κ3) is 5.27. The summed E-state index contributed by atoms with van der Waals surface area (Å²) in [6.07, 6.45) is 2.15. The molecule has 1 saturated carbocycles. The molecule has 0 atom stereocenters. The van der Waals surface area contributed by atoms with Gasteiger partial charge in [0.15, 0.2) is 18.1 Å². The summed E-state index contributed by atoms with van der Waals surface area (Å²) in [5.41, 5.74) is 1.12. The lowest BCUT2D eigenvalue weighted by Crippen LogP contribution is -2.30. The Kier molecular flexibility index (Phi) is 5.44. The molecule has 2 rings (SSSR count). The van der Waals surface area contributed by atoms with Crippen LogP contribution in [0.1, 0.15) is 32.3 Å². The predicted molar refractivity (Wildman–Crippen MR) is 81.6 cm³/mol.